The lowest BCUT2D eigenvalue weighted by Gasteiger charge is -2.08. The summed E-state index contributed by atoms with van der Waals surface area (Å²) in [5.41, 5.74) is 0.416. The Morgan fingerprint density at radius 2 is 2.11 bits per heavy atom. The predicted molar refractivity (Wildman–Crippen MR) is 79.5 cm³/mol. The fourth-order valence-corrected chi connectivity index (χ4v) is 5.32. The van der Waals surface area contributed by atoms with Gasteiger partial charge in [0.2, 0.25) is 0 Å². The summed E-state index contributed by atoms with van der Waals surface area (Å²) >= 11 is 7.86. The Labute approximate surface area is 126 Å². The molecule has 0 aliphatic carbocycles. The molecule has 1 N–H and O–H groups in total. The van der Waals surface area contributed by atoms with Gasteiger partial charge in [0.25, 0.3) is 10.0 Å². The predicted octanol–water partition coefficient (Wildman–Crippen LogP) is 3.78. The van der Waals surface area contributed by atoms with Crippen LogP contribution in [0.2, 0.25) is 0 Å². The van der Waals surface area contributed by atoms with Crippen LogP contribution < -0.4 is 4.72 Å². The second-order valence-corrected chi connectivity index (χ2v) is 8.46. The number of aryl methyl sites for hydroxylation is 1. The average molecular weight is 412 g/mol. The molecule has 2 aromatic rings. The van der Waals surface area contributed by atoms with Crippen molar-refractivity contribution in [1.82, 2.24) is 4.98 Å². The minimum absolute atomic E-state index is 0.273. The van der Waals surface area contributed by atoms with Crippen molar-refractivity contribution in [2.45, 2.75) is 11.8 Å². The molecule has 2 heterocycles. The zero-order chi connectivity index (χ0) is 13.3. The van der Waals surface area contributed by atoms with Crippen molar-refractivity contribution in [2.24, 2.45) is 0 Å². The molecule has 0 aliphatic heterocycles. The molecule has 0 amide bonds. The van der Waals surface area contributed by atoms with Gasteiger partial charge < -0.3 is 0 Å². The quantitative estimate of drug-likeness (QED) is 0.781. The van der Waals surface area contributed by atoms with Crippen molar-refractivity contribution in [3.8, 4) is 0 Å². The monoisotopic (exact) mass is 410 g/mol. The number of hydrogen-bond acceptors (Lipinski definition) is 4. The Hall–Kier alpha value is -0.440. The number of pyridine rings is 1. The van der Waals surface area contributed by atoms with Crippen LogP contribution in [0.5, 0.6) is 0 Å². The summed E-state index contributed by atoms with van der Waals surface area (Å²) in [6.07, 6.45) is 1.58. The van der Waals surface area contributed by atoms with E-state index < -0.39 is 10.0 Å². The molecule has 8 heteroatoms. The lowest BCUT2D eigenvalue weighted by atomic mass is 10.4. The van der Waals surface area contributed by atoms with Crippen LogP contribution in [0.25, 0.3) is 0 Å². The second kappa shape index (κ2) is 5.28. The highest BCUT2D eigenvalue weighted by atomic mass is 79.9. The standard InChI is InChI=1S/C10H8Br2N2O2S2/c1-6-8(5-9(11)17-6)18(15,16)14-7-3-2-4-13-10(7)12/h2-5,14H,1H3. The number of nitrogens with zero attached hydrogens (tertiary/aromatic N) is 1. The highest BCUT2D eigenvalue weighted by Gasteiger charge is 2.20. The number of hydrogen-bond donors (Lipinski definition) is 1. The van der Waals surface area contributed by atoms with E-state index >= 15 is 0 Å². The highest BCUT2D eigenvalue weighted by molar-refractivity contribution is 9.11. The number of sulfonamides is 1. The van der Waals surface area contributed by atoms with E-state index in [9.17, 15) is 8.42 Å². The Morgan fingerprint density at radius 1 is 1.39 bits per heavy atom. The highest BCUT2D eigenvalue weighted by Crippen LogP contribution is 2.31. The fourth-order valence-electron chi connectivity index (χ4n) is 1.36. The average Bonchev–Trinajstić information content (AvgIpc) is 2.62. The maximum Gasteiger partial charge on any atom is 0.263 e. The summed E-state index contributed by atoms with van der Waals surface area (Å²) in [5, 5.41) is 0. The first kappa shape index (κ1) is 14.0. The summed E-state index contributed by atoms with van der Waals surface area (Å²) < 4.78 is 28.2. The third kappa shape index (κ3) is 2.93. The summed E-state index contributed by atoms with van der Waals surface area (Å²) in [7, 11) is -3.59. The topological polar surface area (TPSA) is 59.1 Å². The van der Waals surface area contributed by atoms with Gasteiger partial charge in [-0.05, 0) is 57.0 Å². The molecule has 4 nitrogen and oxygen atoms in total. The van der Waals surface area contributed by atoms with Gasteiger partial charge in [-0.15, -0.1) is 11.3 Å². The van der Waals surface area contributed by atoms with E-state index in [-0.39, 0.29) is 4.90 Å². The van der Waals surface area contributed by atoms with E-state index in [1.807, 2.05) is 0 Å². The molecule has 18 heavy (non-hydrogen) atoms. The van der Waals surface area contributed by atoms with Gasteiger partial charge in [-0.2, -0.15) is 0 Å². The largest absolute Gasteiger partial charge is 0.277 e. The summed E-state index contributed by atoms with van der Waals surface area (Å²) in [6.45, 7) is 1.77. The van der Waals surface area contributed by atoms with Gasteiger partial charge >= 0.3 is 0 Å². The third-order valence-corrected chi connectivity index (χ3v) is 5.94. The lowest BCUT2D eigenvalue weighted by molar-refractivity contribution is 0.601. The summed E-state index contributed by atoms with van der Waals surface area (Å²) in [4.78, 5) is 4.97. The molecule has 0 saturated heterocycles. The van der Waals surface area contributed by atoms with Gasteiger partial charge in [-0.3, -0.25) is 4.72 Å². The van der Waals surface area contributed by atoms with E-state index in [4.69, 9.17) is 0 Å². The van der Waals surface area contributed by atoms with E-state index in [0.717, 1.165) is 8.66 Å². The van der Waals surface area contributed by atoms with Crippen molar-refractivity contribution < 1.29 is 8.42 Å². The molecule has 0 unspecified atom stereocenters. The van der Waals surface area contributed by atoms with Gasteiger partial charge in [0.05, 0.1) is 9.47 Å². The van der Waals surface area contributed by atoms with Crippen LogP contribution in [0, 0.1) is 6.92 Å². The first-order chi connectivity index (χ1) is 8.40. The van der Waals surface area contributed by atoms with Crippen molar-refractivity contribution in [3.63, 3.8) is 0 Å². The Kier molecular flexibility index (Phi) is 4.10. The van der Waals surface area contributed by atoms with Crippen LogP contribution >= 0.6 is 43.2 Å². The Morgan fingerprint density at radius 3 is 2.67 bits per heavy atom. The van der Waals surface area contributed by atoms with E-state index in [2.05, 4.69) is 41.6 Å². The molecule has 0 saturated carbocycles. The Bertz CT molecular complexity index is 683. The normalized spacial score (nSPS) is 11.5. The number of aromatic nitrogens is 1. The van der Waals surface area contributed by atoms with Crippen LogP contribution in [0.3, 0.4) is 0 Å². The second-order valence-electron chi connectivity index (χ2n) is 3.42. The molecule has 2 aromatic heterocycles. The molecule has 0 aliphatic rings. The maximum atomic E-state index is 12.2. The zero-order valence-electron chi connectivity index (χ0n) is 9.15. The number of halogens is 2. The van der Waals surface area contributed by atoms with Crippen molar-refractivity contribution in [1.29, 1.82) is 0 Å². The number of thiophene rings is 1. The van der Waals surface area contributed by atoms with Crippen LogP contribution in [0.4, 0.5) is 5.69 Å². The lowest BCUT2D eigenvalue weighted by Crippen LogP contribution is -2.13. The van der Waals surface area contributed by atoms with E-state index in [0.29, 0.717) is 10.3 Å². The number of nitrogens with one attached hydrogen (secondary N) is 1. The molecular formula is C10H8Br2N2O2S2. The summed E-state index contributed by atoms with van der Waals surface area (Å²) in [5.74, 6) is 0. The molecule has 0 aromatic carbocycles. The minimum atomic E-state index is -3.59. The van der Waals surface area contributed by atoms with Crippen LogP contribution in [0.1, 0.15) is 4.88 Å². The molecule has 0 fully saturated rings. The minimum Gasteiger partial charge on any atom is -0.277 e. The van der Waals surface area contributed by atoms with E-state index in [1.165, 1.54) is 11.3 Å². The fraction of sp³-hybridized carbons (Fsp3) is 0.100. The van der Waals surface area contributed by atoms with Gasteiger partial charge in [-0.25, -0.2) is 13.4 Å². The molecular weight excluding hydrogens is 404 g/mol. The molecule has 0 radical (unpaired) electrons. The van der Waals surface area contributed by atoms with Gasteiger partial charge in [0.1, 0.15) is 9.50 Å². The van der Waals surface area contributed by atoms with Crippen LogP contribution in [-0.2, 0) is 10.0 Å². The van der Waals surface area contributed by atoms with Crippen molar-refractivity contribution in [3.05, 3.63) is 37.7 Å². The van der Waals surface area contributed by atoms with E-state index in [1.54, 1.807) is 31.3 Å². The van der Waals surface area contributed by atoms with Gasteiger partial charge in [0, 0.05) is 11.1 Å². The first-order valence-electron chi connectivity index (χ1n) is 4.79. The first-order valence-corrected chi connectivity index (χ1v) is 8.68. The molecule has 0 bridgehead atoms. The number of rotatable bonds is 3. The zero-order valence-corrected chi connectivity index (χ0v) is 14.0. The van der Waals surface area contributed by atoms with Crippen LogP contribution in [0.15, 0.2) is 37.7 Å². The maximum absolute atomic E-state index is 12.2. The van der Waals surface area contributed by atoms with Gasteiger partial charge in [-0.1, -0.05) is 0 Å². The van der Waals surface area contributed by atoms with Gasteiger partial charge in [0.15, 0.2) is 0 Å². The SMILES string of the molecule is Cc1sc(Br)cc1S(=O)(=O)Nc1cccnc1Br. The van der Waals surface area contributed by atoms with Crippen LogP contribution in [-0.4, -0.2) is 13.4 Å². The molecule has 0 spiro atoms. The Balaban J connectivity index is 2.40. The third-order valence-electron chi connectivity index (χ3n) is 2.14. The molecule has 2 rings (SSSR count). The van der Waals surface area contributed by atoms with Crippen molar-refractivity contribution >= 4 is 58.9 Å². The summed E-state index contributed by atoms with van der Waals surface area (Å²) in [6, 6.07) is 4.90. The molecule has 0 atom stereocenters. The number of anilines is 1. The smallest absolute Gasteiger partial charge is 0.263 e. The van der Waals surface area contributed by atoms with Crippen molar-refractivity contribution in [2.75, 3.05) is 4.72 Å². The molecule has 96 valence electrons.